The summed E-state index contributed by atoms with van der Waals surface area (Å²) in [7, 11) is 0. The molecule has 0 fully saturated rings. The maximum Gasteiger partial charge on any atom is 0.131 e. The number of hydrogen-bond donors (Lipinski definition) is 1. The van der Waals surface area contributed by atoms with Crippen LogP contribution in [0.5, 0.6) is 0 Å². The molecule has 82 valence electrons. The van der Waals surface area contributed by atoms with Crippen molar-refractivity contribution >= 4 is 10.8 Å². The van der Waals surface area contributed by atoms with Crippen LogP contribution in [0, 0.1) is 5.82 Å². The van der Waals surface area contributed by atoms with Crippen LogP contribution in [0.2, 0.25) is 0 Å². The molecule has 0 spiro atoms. The van der Waals surface area contributed by atoms with Crippen molar-refractivity contribution in [1.82, 2.24) is 0 Å². The highest BCUT2D eigenvalue weighted by molar-refractivity contribution is 5.87. The Morgan fingerprint density at radius 3 is 2.75 bits per heavy atom. The third kappa shape index (κ3) is 1.34. The average Bonchev–Trinajstić information content (AvgIpc) is 2.31. The maximum absolute atomic E-state index is 13.8. The fourth-order valence-electron chi connectivity index (χ4n) is 2.62. The van der Waals surface area contributed by atoms with Crippen molar-refractivity contribution in [2.45, 2.75) is 25.4 Å². The normalized spacial score (nSPS) is 19.8. The highest BCUT2D eigenvalue weighted by Gasteiger charge is 2.21. The van der Waals surface area contributed by atoms with Gasteiger partial charge >= 0.3 is 0 Å². The van der Waals surface area contributed by atoms with Crippen LogP contribution in [0.3, 0.4) is 0 Å². The minimum absolute atomic E-state index is 0.227. The molecular weight excluding hydrogens is 203 g/mol. The fraction of sp³-hybridized carbons (Fsp3) is 0.286. The van der Waals surface area contributed by atoms with Crippen molar-refractivity contribution in [3.05, 3.63) is 47.3 Å². The largest absolute Gasteiger partial charge is 0.388 e. The van der Waals surface area contributed by atoms with Gasteiger partial charge in [0.25, 0.3) is 0 Å². The third-order valence-corrected chi connectivity index (χ3v) is 3.40. The number of aryl methyl sites for hydroxylation is 1. The highest BCUT2D eigenvalue weighted by Crippen LogP contribution is 2.35. The van der Waals surface area contributed by atoms with Gasteiger partial charge in [-0.05, 0) is 41.8 Å². The molecule has 0 bridgehead atoms. The van der Waals surface area contributed by atoms with Crippen molar-refractivity contribution in [3.8, 4) is 0 Å². The van der Waals surface area contributed by atoms with Crippen LogP contribution in [0.25, 0.3) is 10.8 Å². The van der Waals surface area contributed by atoms with Gasteiger partial charge < -0.3 is 5.11 Å². The lowest BCUT2D eigenvalue weighted by molar-refractivity contribution is 0.156. The van der Waals surface area contributed by atoms with Gasteiger partial charge in [0, 0.05) is 5.39 Å². The van der Waals surface area contributed by atoms with E-state index in [-0.39, 0.29) is 5.82 Å². The van der Waals surface area contributed by atoms with E-state index >= 15 is 0 Å². The Hall–Kier alpha value is -1.41. The summed E-state index contributed by atoms with van der Waals surface area (Å²) in [6.45, 7) is 0. The van der Waals surface area contributed by atoms with Crippen molar-refractivity contribution in [2.75, 3.05) is 0 Å². The second-order valence-corrected chi connectivity index (χ2v) is 4.38. The van der Waals surface area contributed by atoms with Crippen LogP contribution < -0.4 is 0 Å². The minimum atomic E-state index is -0.497. The molecule has 0 saturated carbocycles. The quantitative estimate of drug-likeness (QED) is 0.716. The van der Waals surface area contributed by atoms with Gasteiger partial charge in [0.1, 0.15) is 5.82 Å². The lowest BCUT2D eigenvalue weighted by Gasteiger charge is -2.23. The summed E-state index contributed by atoms with van der Waals surface area (Å²) in [5.41, 5.74) is 1.90. The molecule has 2 aromatic rings. The second kappa shape index (κ2) is 3.56. The molecule has 0 aromatic heterocycles. The molecule has 0 heterocycles. The van der Waals surface area contributed by atoms with E-state index in [1.807, 2.05) is 18.2 Å². The summed E-state index contributed by atoms with van der Waals surface area (Å²) < 4.78 is 13.8. The van der Waals surface area contributed by atoms with Gasteiger partial charge in [-0.15, -0.1) is 0 Å². The molecule has 1 unspecified atom stereocenters. The van der Waals surface area contributed by atoms with E-state index in [9.17, 15) is 9.50 Å². The molecule has 1 nitrogen and oxygen atoms in total. The van der Waals surface area contributed by atoms with E-state index < -0.39 is 6.10 Å². The van der Waals surface area contributed by atoms with Crippen LogP contribution >= 0.6 is 0 Å². The van der Waals surface area contributed by atoms with E-state index in [1.165, 1.54) is 6.07 Å². The average molecular weight is 216 g/mol. The van der Waals surface area contributed by atoms with E-state index in [0.29, 0.717) is 5.39 Å². The topological polar surface area (TPSA) is 20.2 Å². The summed E-state index contributed by atoms with van der Waals surface area (Å²) in [6, 6.07) is 9.00. The van der Waals surface area contributed by atoms with E-state index in [2.05, 4.69) is 0 Å². The summed E-state index contributed by atoms with van der Waals surface area (Å²) in [6.07, 6.45) is 2.16. The summed E-state index contributed by atoms with van der Waals surface area (Å²) in [4.78, 5) is 0. The van der Waals surface area contributed by atoms with Crippen LogP contribution in [0.15, 0.2) is 30.3 Å². The number of fused-ring (bicyclic) bond motifs is 3. The monoisotopic (exact) mass is 216 g/mol. The Labute approximate surface area is 93.5 Å². The predicted molar refractivity (Wildman–Crippen MR) is 61.8 cm³/mol. The van der Waals surface area contributed by atoms with Crippen LogP contribution in [0.1, 0.15) is 30.1 Å². The molecule has 0 aliphatic heterocycles. The molecule has 1 aliphatic rings. The van der Waals surface area contributed by atoms with Gasteiger partial charge in [-0.1, -0.05) is 24.3 Å². The number of halogens is 1. The predicted octanol–water partition coefficient (Wildman–Crippen LogP) is 3.35. The fourth-order valence-corrected chi connectivity index (χ4v) is 2.62. The van der Waals surface area contributed by atoms with Gasteiger partial charge in [0.05, 0.1) is 6.10 Å². The third-order valence-electron chi connectivity index (χ3n) is 3.40. The van der Waals surface area contributed by atoms with Crippen LogP contribution in [0.4, 0.5) is 4.39 Å². The molecule has 1 aliphatic carbocycles. The Morgan fingerprint density at radius 1 is 1.19 bits per heavy atom. The van der Waals surface area contributed by atoms with Gasteiger partial charge in [-0.3, -0.25) is 0 Å². The molecule has 2 heteroatoms. The zero-order valence-corrected chi connectivity index (χ0v) is 8.91. The first kappa shape index (κ1) is 9.79. The highest BCUT2D eigenvalue weighted by atomic mass is 19.1. The number of aliphatic hydroxyl groups excluding tert-OH is 1. The molecular formula is C14H13FO. The first-order chi connectivity index (χ1) is 7.77. The summed E-state index contributed by atoms with van der Waals surface area (Å²) in [5.74, 6) is -0.227. The van der Waals surface area contributed by atoms with Crippen molar-refractivity contribution in [1.29, 1.82) is 0 Å². The Kier molecular flexibility index (Phi) is 2.18. The van der Waals surface area contributed by atoms with Crippen molar-refractivity contribution < 1.29 is 9.50 Å². The van der Waals surface area contributed by atoms with Gasteiger partial charge in [0.15, 0.2) is 0 Å². The summed E-state index contributed by atoms with van der Waals surface area (Å²) in [5, 5.41) is 11.5. The first-order valence-corrected chi connectivity index (χ1v) is 5.65. The molecule has 3 rings (SSSR count). The van der Waals surface area contributed by atoms with Gasteiger partial charge in [-0.25, -0.2) is 4.39 Å². The lowest BCUT2D eigenvalue weighted by atomic mass is 9.86. The smallest absolute Gasteiger partial charge is 0.131 e. The second-order valence-electron chi connectivity index (χ2n) is 4.38. The molecule has 1 atom stereocenters. The van der Waals surface area contributed by atoms with Crippen LogP contribution in [-0.4, -0.2) is 5.11 Å². The van der Waals surface area contributed by atoms with Crippen LogP contribution in [-0.2, 0) is 6.42 Å². The van der Waals surface area contributed by atoms with E-state index in [4.69, 9.17) is 0 Å². The molecule has 0 amide bonds. The molecule has 0 saturated heterocycles. The minimum Gasteiger partial charge on any atom is -0.388 e. The van der Waals surface area contributed by atoms with Gasteiger partial charge in [-0.2, -0.15) is 0 Å². The molecule has 1 N–H and O–H groups in total. The number of aliphatic hydroxyl groups is 1. The molecule has 0 radical (unpaired) electrons. The number of benzene rings is 2. The van der Waals surface area contributed by atoms with Crippen molar-refractivity contribution in [2.24, 2.45) is 0 Å². The SMILES string of the molecule is OC1CCCc2c1cc(F)c1ccccc21. The number of rotatable bonds is 0. The first-order valence-electron chi connectivity index (χ1n) is 5.65. The Bertz CT molecular complexity index is 548. The zero-order chi connectivity index (χ0) is 11.1. The Balaban J connectivity index is 2.38. The van der Waals surface area contributed by atoms with Gasteiger partial charge in [0.2, 0.25) is 0 Å². The maximum atomic E-state index is 13.8. The lowest BCUT2D eigenvalue weighted by Crippen LogP contribution is -2.10. The molecule has 16 heavy (non-hydrogen) atoms. The van der Waals surface area contributed by atoms with E-state index in [0.717, 1.165) is 35.8 Å². The zero-order valence-electron chi connectivity index (χ0n) is 8.91. The van der Waals surface area contributed by atoms with E-state index in [1.54, 1.807) is 6.07 Å². The standard InChI is InChI=1S/C14H13FO/c15-13-8-12-10(6-3-7-14(12)16)9-4-1-2-5-11(9)13/h1-2,4-5,8,14,16H,3,6-7H2. The number of hydrogen-bond acceptors (Lipinski definition) is 1. The van der Waals surface area contributed by atoms with Crippen molar-refractivity contribution in [3.63, 3.8) is 0 Å². The summed E-state index contributed by atoms with van der Waals surface area (Å²) >= 11 is 0. The Morgan fingerprint density at radius 2 is 1.94 bits per heavy atom. The molecule has 2 aromatic carbocycles.